The molecule has 0 saturated heterocycles. The maximum Gasteiger partial charge on any atom is 0.255 e. The number of benzene rings is 3. The molecular weight excluding hydrogens is 553 g/mol. The highest BCUT2D eigenvalue weighted by Crippen LogP contribution is 2.47. The highest BCUT2D eigenvalue weighted by molar-refractivity contribution is 6.17. The van der Waals surface area contributed by atoms with Gasteiger partial charge in [-0.2, -0.15) is 0 Å². The van der Waals surface area contributed by atoms with E-state index in [1.54, 1.807) is 48.7 Å². The molecule has 0 atom stereocenters. The molecule has 43 heavy (non-hydrogen) atoms. The van der Waals surface area contributed by atoms with Crippen molar-refractivity contribution in [2.75, 3.05) is 44.9 Å². The summed E-state index contributed by atoms with van der Waals surface area (Å²) in [5.41, 5.74) is 0.709. The lowest BCUT2D eigenvalue weighted by Crippen LogP contribution is -2.35. The number of hydrogen-bond donors (Lipinski definition) is 3. The number of ether oxygens (including phenoxy) is 2. The first kappa shape index (κ1) is 29.5. The zero-order valence-corrected chi connectivity index (χ0v) is 24.1. The molecule has 1 aliphatic carbocycles. The van der Waals surface area contributed by atoms with Crippen molar-refractivity contribution in [3.8, 4) is 17.2 Å². The Morgan fingerprint density at radius 3 is 2.12 bits per heavy atom. The number of hydrogen-bond acceptors (Lipinski definition) is 7. The van der Waals surface area contributed by atoms with E-state index in [1.165, 1.54) is 31.4 Å². The summed E-state index contributed by atoms with van der Waals surface area (Å²) < 4.78 is 24.8. The molecule has 10 nitrogen and oxygen atoms in total. The Bertz CT molecular complexity index is 1650. The first-order valence-electron chi connectivity index (χ1n) is 13.7. The average molecular weight is 586 g/mol. The highest BCUT2D eigenvalue weighted by Gasteiger charge is 2.56. The normalized spacial score (nSPS) is 13.3. The fourth-order valence-electron chi connectivity index (χ4n) is 4.52. The summed E-state index contributed by atoms with van der Waals surface area (Å²) in [6, 6.07) is 17.2. The number of likely N-dealkylation sites (N-methyl/N-ethyl adjacent to an activating group) is 1. The van der Waals surface area contributed by atoms with Crippen LogP contribution in [0, 0.1) is 11.2 Å². The van der Waals surface area contributed by atoms with Crippen molar-refractivity contribution in [3.63, 3.8) is 0 Å². The van der Waals surface area contributed by atoms with Crippen LogP contribution < -0.4 is 25.4 Å². The third-order valence-electron chi connectivity index (χ3n) is 7.17. The number of rotatable bonds is 11. The predicted molar refractivity (Wildman–Crippen MR) is 161 cm³/mol. The summed E-state index contributed by atoms with van der Waals surface area (Å²) in [6.07, 6.45) is 2.44. The quantitative estimate of drug-likeness (QED) is 0.216. The van der Waals surface area contributed by atoms with Gasteiger partial charge >= 0.3 is 0 Å². The lowest BCUT2D eigenvalue weighted by molar-refractivity contribution is -0.131. The van der Waals surface area contributed by atoms with E-state index in [4.69, 9.17) is 9.47 Å². The number of halogens is 1. The molecule has 3 aromatic carbocycles. The van der Waals surface area contributed by atoms with Crippen LogP contribution in [0.1, 0.15) is 23.2 Å². The Morgan fingerprint density at radius 1 is 0.907 bits per heavy atom. The molecule has 0 spiro atoms. The molecule has 0 unspecified atom stereocenters. The smallest absolute Gasteiger partial charge is 0.255 e. The van der Waals surface area contributed by atoms with E-state index >= 15 is 0 Å². The Balaban J connectivity index is 1.27. The molecule has 1 fully saturated rings. The second-order valence-electron chi connectivity index (χ2n) is 10.6. The average Bonchev–Trinajstić information content (AvgIpc) is 3.81. The number of anilines is 2. The van der Waals surface area contributed by atoms with Gasteiger partial charge in [-0.3, -0.25) is 19.4 Å². The fourth-order valence-corrected chi connectivity index (χ4v) is 4.52. The molecule has 3 amide bonds. The standard InChI is InChI=1S/C32H32FN5O5/c1-38(2)17-16-35-29(39)25-18-24-26(19-28(25)42-3)34-15-12-27(24)43-23-10-8-22(9-11-23)37-31(41)32(13-14-32)30(40)36-21-6-4-20(33)5-7-21/h4-12,15,18-19H,13-14,16-17H2,1-3H3,(H,35,39)(H,36,40)(H,37,41). The van der Waals surface area contributed by atoms with Crippen molar-refractivity contribution in [1.29, 1.82) is 0 Å². The number of carbonyl (C=O) groups excluding carboxylic acids is 3. The van der Waals surface area contributed by atoms with Crippen molar-refractivity contribution in [3.05, 3.63) is 84.3 Å². The lowest BCUT2D eigenvalue weighted by atomic mass is 10.0. The van der Waals surface area contributed by atoms with Crippen molar-refractivity contribution in [1.82, 2.24) is 15.2 Å². The maximum absolute atomic E-state index is 13.2. The van der Waals surface area contributed by atoms with Crippen LogP contribution in [0.4, 0.5) is 15.8 Å². The van der Waals surface area contributed by atoms with Gasteiger partial charge in [-0.1, -0.05) is 0 Å². The number of methoxy groups -OCH3 is 1. The molecule has 1 saturated carbocycles. The number of fused-ring (bicyclic) bond motifs is 1. The molecule has 1 heterocycles. The molecule has 0 bridgehead atoms. The topological polar surface area (TPSA) is 122 Å². The molecule has 1 aromatic heterocycles. The molecule has 0 radical (unpaired) electrons. The highest BCUT2D eigenvalue weighted by atomic mass is 19.1. The molecule has 11 heteroatoms. The van der Waals surface area contributed by atoms with Gasteiger partial charge in [0.15, 0.2) is 0 Å². The summed E-state index contributed by atoms with van der Waals surface area (Å²) in [4.78, 5) is 45.2. The van der Waals surface area contributed by atoms with E-state index in [0.717, 1.165) is 0 Å². The third-order valence-corrected chi connectivity index (χ3v) is 7.17. The van der Waals surface area contributed by atoms with E-state index in [2.05, 4.69) is 20.9 Å². The minimum atomic E-state index is -1.17. The van der Waals surface area contributed by atoms with Crippen LogP contribution in [-0.4, -0.2) is 61.9 Å². The van der Waals surface area contributed by atoms with E-state index in [1.807, 2.05) is 19.0 Å². The number of aromatic nitrogens is 1. The number of nitrogens with zero attached hydrogens (tertiary/aromatic N) is 2. The van der Waals surface area contributed by atoms with E-state index in [-0.39, 0.29) is 5.91 Å². The largest absolute Gasteiger partial charge is 0.496 e. The van der Waals surface area contributed by atoms with Crippen molar-refractivity contribution in [2.24, 2.45) is 5.41 Å². The zero-order chi connectivity index (χ0) is 30.6. The van der Waals surface area contributed by atoms with Gasteiger partial charge in [-0.15, -0.1) is 0 Å². The number of amides is 3. The SMILES string of the molecule is COc1cc2nccc(Oc3ccc(NC(=O)C4(C(=O)Nc5ccc(F)cc5)CC4)cc3)c2cc1C(=O)NCCN(C)C. The Labute approximate surface area is 248 Å². The van der Waals surface area contributed by atoms with E-state index in [0.29, 0.717) is 71.0 Å². The predicted octanol–water partition coefficient (Wildman–Crippen LogP) is 4.82. The summed E-state index contributed by atoms with van der Waals surface area (Å²) in [6.45, 7) is 1.17. The van der Waals surface area contributed by atoms with Crippen LogP contribution >= 0.6 is 0 Å². The van der Waals surface area contributed by atoms with E-state index < -0.39 is 23.0 Å². The molecule has 1 aliphatic rings. The van der Waals surface area contributed by atoms with Gasteiger partial charge in [0.05, 0.1) is 18.2 Å². The summed E-state index contributed by atoms with van der Waals surface area (Å²) >= 11 is 0. The molecule has 5 rings (SSSR count). The zero-order valence-electron chi connectivity index (χ0n) is 24.1. The fraction of sp³-hybridized carbons (Fsp3) is 0.250. The molecular formula is C32H32FN5O5. The van der Waals surface area contributed by atoms with Gasteiger partial charge in [0.25, 0.3) is 5.91 Å². The molecule has 4 aromatic rings. The summed E-state index contributed by atoms with van der Waals surface area (Å²) in [5.74, 6) is -0.135. The second-order valence-corrected chi connectivity index (χ2v) is 10.6. The maximum atomic E-state index is 13.2. The van der Waals surface area contributed by atoms with Crippen molar-refractivity contribution in [2.45, 2.75) is 12.8 Å². The van der Waals surface area contributed by atoms with Gasteiger partial charge in [0.1, 0.15) is 28.5 Å². The number of carbonyl (C=O) groups is 3. The van der Waals surface area contributed by atoms with Gasteiger partial charge in [-0.25, -0.2) is 4.39 Å². The van der Waals surface area contributed by atoms with Crippen LogP contribution in [0.2, 0.25) is 0 Å². The molecule has 0 aliphatic heterocycles. The van der Waals surface area contributed by atoms with Crippen molar-refractivity contribution < 1.29 is 28.2 Å². The van der Waals surface area contributed by atoms with Crippen LogP contribution in [0.15, 0.2) is 72.9 Å². The Kier molecular flexibility index (Phi) is 8.53. The van der Waals surface area contributed by atoms with Gasteiger partial charge < -0.3 is 30.3 Å². The van der Waals surface area contributed by atoms with Gasteiger partial charge in [-0.05, 0) is 87.6 Å². The molecule has 222 valence electrons. The lowest BCUT2D eigenvalue weighted by Gasteiger charge is -2.16. The van der Waals surface area contributed by atoms with E-state index in [9.17, 15) is 18.8 Å². The first-order chi connectivity index (χ1) is 20.7. The molecule has 3 N–H and O–H groups in total. The van der Waals surface area contributed by atoms with Gasteiger partial charge in [0.2, 0.25) is 11.8 Å². The minimum absolute atomic E-state index is 0.268. The third kappa shape index (κ3) is 6.73. The number of pyridine rings is 1. The Hall–Kier alpha value is -5.03. The van der Waals surface area contributed by atoms with Crippen LogP contribution in [0.3, 0.4) is 0 Å². The first-order valence-corrected chi connectivity index (χ1v) is 13.7. The summed E-state index contributed by atoms with van der Waals surface area (Å²) in [5, 5.41) is 9.03. The monoisotopic (exact) mass is 585 g/mol. The van der Waals surface area contributed by atoms with Gasteiger partial charge in [0, 0.05) is 42.1 Å². The van der Waals surface area contributed by atoms with Crippen LogP contribution in [-0.2, 0) is 9.59 Å². The van der Waals surface area contributed by atoms with Crippen LogP contribution in [0.5, 0.6) is 17.2 Å². The Morgan fingerprint density at radius 2 is 1.53 bits per heavy atom. The van der Waals surface area contributed by atoms with Crippen molar-refractivity contribution >= 4 is 40.0 Å². The van der Waals surface area contributed by atoms with Crippen LogP contribution in [0.25, 0.3) is 10.9 Å². The number of nitrogens with one attached hydrogen (secondary N) is 3. The summed E-state index contributed by atoms with van der Waals surface area (Å²) in [7, 11) is 5.36. The second kappa shape index (κ2) is 12.5. The minimum Gasteiger partial charge on any atom is -0.496 e.